The topological polar surface area (TPSA) is 17.8 Å². The monoisotopic (exact) mass is 346 g/mol. The summed E-state index contributed by atoms with van der Waals surface area (Å²) in [6.45, 7) is 3.34. The molecule has 0 fully saturated rings. The number of unbranched alkanes of at least 4 members (excludes halogenated alkanes) is 2. The van der Waals surface area contributed by atoms with Gasteiger partial charge in [-0.2, -0.15) is 0 Å². The van der Waals surface area contributed by atoms with Gasteiger partial charge in [-0.3, -0.25) is 0 Å². The predicted molar refractivity (Wildman–Crippen MR) is 109 cm³/mol. The number of hydrogen-bond donors (Lipinski definition) is 0. The second-order valence-electron chi connectivity index (χ2n) is 7.05. The van der Waals surface area contributed by atoms with Crippen LogP contribution in [0.1, 0.15) is 55.3 Å². The smallest absolute Gasteiger partial charge is 0.113 e. The maximum absolute atomic E-state index is 4.98. The number of nitrogens with zero attached hydrogens (tertiary/aromatic N) is 2. The summed E-state index contributed by atoms with van der Waals surface area (Å²) in [6, 6.07) is 21.4. The lowest BCUT2D eigenvalue weighted by atomic mass is 10.1. The van der Waals surface area contributed by atoms with Gasteiger partial charge in [-0.15, -0.1) is 0 Å². The predicted octanol–water partition coefficient (Wildman–Crippen LogP) is 5.84. The van der Waals surface area contributed by atoms with E-state index in [2.05, 4.69) is 78.4 Å². The molecular weight excluding hydrogens is 316 g/mol. The van der Waals surface area contributed by atoms with Crippen molar-refractivity contribution >= 4 is 0 Å². The van der Waals surface area contributed by atoms with Crippen LogP contribution in [-0.2, 0) is 25.8 Å². The highest BCUT2D eigenvalue weighted by Gasteiger charge is 2.09. The third-order valence-corrected chi connectivity index (χ3v) is 4.86. The van der Waals surface area contributed by atoms with Crippen molar-refractivity contribution in [1.82, 2.24) is 9.55 Å². The molecule has 2 aromatic carbocycles. The van der Waals surface area contributed by atoms with E-state index in [9.17, 15) is 0 Å². The third-order valence-electron chi connectivity index (χ3n) is 4.86. The van der Waals surface area contributed by atoms with Gasteiger partial charge in [0.2, 0.25) is 0 Å². The number of imidazole rings is 1. The van der Waals surface area contributed by atoms with Gasteiger partial charge in [0.1, 0.15) is 5.82 Å². The average molecular weight is 347 g/mol. The normalized spacial score (nSPS) is 11.0. The van der Waals surface area contributed by atoms with Crippen LogP contribution >= 0.6 is 0 Å². The van der Waals surface area contributed by atoms with Gasteiger partial charge >= 0.3 is 0 Å². The Balaban J connectivity index is 1.64. The summed E-state index contributed by atoms with van der Waals surface area (Å²) in [4.78, 5) is 4.98. The zero-order chi connectivity index (χ0) is 18.0. The van der Waals surface area contributed by atoms with E-state index >= 15 is 0 Å². The van der Waals surface area contributed by atoms with Crippen molar-refractivity contribution in [3.8, 4) is 0 Å². The van der Waals surface area contributed by atoms with Gasteiger partial charge < -0.3 is 4.57 Å². The molecule has 0 aliphatic heterocycles. The molecule has 0 atom stereocenters. The fourth-order valence-electron chi connectivity index (χ4n) is 3.40. The molecule has 3 aromatic rings. The highest BCUT2D eigenvalue weighted by atomic mass is 15.1. The second-order valence-corrected chi connectivity index (χ2v) is 7.05. The Hall–Kier alpha value is -2.35. The fourth-order valence-corrected chi connectivity index (χ4v) is 3.40. The van der Waals surface area contributed by atoms with Crippen LogP contribution in [0.2, 0.25) is 0 Å². The zero-order valence-electron chi connectivity index (χ0n) is 15.9. The second kappa shape index (κ2) is 9.96. The van der Waals surface area contributed by atoms with Crippen molar-refractivity contribution in [2.24, 2.45) is 0 Å². The lowest BCUT2D eigenvalue weighted by Crippen LogP contribution is -2.04. The summed E-state index contributed by atoms with van der Waals surface area (Å²) in [5.41, 5.74) is 3.99. The highest BCUT2D eigenvalue weighted by molar-refractivity contribution is 5.21. The Kier molecular flexibility index (Phi) is 7.06. The van der Waals surface area contributed by atoms with Crippen LogP contribution in [0.3, 0.4) is 0 Å². The van der Waals surface area contributed by atoms with Crippen LogP contribution in [-0.4, -0.2) is 9.55 Å². The van der Waals surface area contributed by atoms with E-state index in [1.54, 1.807) is 0 Å². The van der Waals surface area contributed by atoms with E-state index < -0.39 is 0 Å². The van der Waals surface area contributed by atoms with Crippen molar-refractivity contribution in [3.63, 3.8) is 0 Å². The molecular formula is C24H30N2. The molecule has 0 saturated heterocycles. The summed E-state index contributed by atoms with van der Waals surface area (Å²) in [7, 11) is 0. The maximum Gasteiger partial charge on any atom is 0.113 e. The molecule has 0 aliphatic carbocycles. The summed E-state index contributed by atoms with van der Waals surface area (Å²) in [6.07, 6.45) is 10.3. The van der Waals surface area contributed by atoms with E-state index in [0.29, 0.717) is 0 Å². The van der Waals surface area contributed by atoms with Gasteiger partial charge in [0.15, 0.2) is 0 Å². The van der Waals surface area contributed by atoms with E-state index in [4.69, 9.17) is 4.98 Å². The van der Waals surface area contributed by atoms with Gasteiger partial charge in [0, 0.05) is 19.2 Å². The van der Waals surface area contributed by atoms with Crippen molar-refractivity contribution in [2.45, 2.75) is 58.4 Å². The first-order chi connectivity index (χ1) is 12.8. The van der Waals surface area contributed by atoms with Gasteiger partial charge in [-0.25, -0.2) is 4.98 Å². The zero-order valence-corrected chi connectivity index (χ0v) is 15.9. The first-order valence-electron chi connectivity index (χ1n) is 9.98. The molecule has 0 amide bonds. The average Bonchev–Trinajstić information content (AvgIpc) is 3.05. The Morgan fingerprint density at radius 1 is 0.769 bits per heavy atom. The van der Waals surface area contributed by atoms with Crippen LogP contribution in [0, 0.1) is 0 Å². The quantitative estimate of drug-likeness (QED) is 0.422. The minimum absolute atomic E-state index is 0.922. The van der Waals surface area contributed by atoms with Crippen molar-refractivity contribution in [1.29, 1.82) is 0 Å². The third kappa shape index (κ3) is 5.59. The summed E-state index contributed by atoms with van der Waals surface area (Å²) < 4.78 is 2.39. The Labute approximate surface area is 157 Å². The van der Waals surface area contributed by atoms with Crippen molar-refractivity contribution < 1.29 is 0 Å². The van der Waals surface area contributed by atoms with Crippen LogP contribution in [0.15, 0.2) is 66.9 Å². The van der Waals surface area contributed by atoms with Crippen LogP contribution in [0.25, 0.3) is 0 Å². The molecule has 0 bridgehead atoms. The van der Waals surface area contributed by atoms with Gasteiger partial charge in [0.05, 0.1) is 5.69 Å². The van der Waals surface area contributed by atoms with E-state index in [-0.39, 0.29) is 0 Å². The lowest BCUT2D eigenvalue weighted by molar-refractivity contribution is 0.584. The fraction of sp³-hybridized carbons (Fsp3) is 0.375. The molecule has 1 heterocycles. The Morgan fingerprint density at radius 3 is 2.15 bits per heavy atom. The minimum atomic E-state index is 0.922. The molecule has 2 nitrogen and oxygen atoms in total. The molecule has 2 heteroatoms. The lowest BCUT2D eigenvalue weighted by Gasteiger charge is -2.07. The van der Waals surface area contributed by atoms with Crippen LogP contribution in [0.4, 0.5) is 0 Å². The number of rotatable bonds is 10. The molecule has 0 unspecified atom stereocenters. The van der Waals surface area contributed by atoms with Gasteiger partial charge in [0.25, 0.3) is 0 Å². The summed E-state index contributed by atoms with van der Waals surface area (Å²) >= 11 is 0. The molecule has 0 spiro atoms. The largest absolute Gasteiger partial charge is 0.334 e. The van der Waals surface area contributed by atoms with Crippen LogP contribution < -0.4 is 0 Å². The molecule has 26 heavy (non-hydrogen) atoms. The minimum Gasteiger partial charge on any atom is -0.334 e. The van der Waals surface area contributed by atoms with Gasteiger partial charge in [-0.1, -0.05) is 80.4 Å². The van der Waals surface area contributed by atoms with Gasteiger partial charge in [-0.05, 0) is 36.8 Å². The summed E-state index contributed by atoms with van der Waals surface area (Å²) in [5, 5.41) is 0. The standard InChI is InChI=1S/C24H30N2/c1-2-3-10-18-26-20-23(17-11-16-21-12-6-4-7-13-21)25-24(26)19-22-14-8-5-9-15-22/h4-9,12-15,20H,2-3,10-11,16-19H2,1H3. The number of hydrogen-bond acceptors (Lipinski definition) is 1. The summed E-state index contributed by atoms with van der Waals surface area (Å²) in [5.74, 6) is 1.21. The van der Waals surface area contributed by atoms with Crippen LogP contribution in [0.5, 0.6) is 0 Å². The van der Waals surface area contributed by atoms with E-state index in [0.717, 1.165) is 32.2 Å². The van der Waals surface area contributed by atoms with E-state index in [1.807, 2.05) is 0 Å². The molecule has 0 aliphatic rings. The molecule has 0 N–H and O–H groups in total. The number of aromatic nitrogens is 2. The molecule has 1 aromatic heterocycles. The number of aryl methyl sites for hydroxylation is 3. The first-order valence-corrected chi connectivity index (χ1v) is 9.98. The molecule has 0 saturated carbocycles. The maximum atomic E-state index is 4.98. The highest BCUT2D eigenvalue weighted by Crippen LogP contribution is 2.14. The first kappa shape index (κ1) is 18.4. The molecule has 3 rings (SSSR count). The number of benzene rings is 2. The Morgan fingerprint density at radius 2 is 1.46 bits per heavy atom. The Bertz CT molecular complexity index is 759. The van der Waals surface area contributed by atoms with E-state index in [1.165, 1.54) is 41.9 Å². The molecule has 136 valence electrons. The SMILES string of the molecule is CCCCCn1cc(CCCc2ccccc2)nc1Cc1ccccc1. The van der Waals surface area contributed by atoms with Crippen molar-refractivity contribution in [3.05, 3.63) is 89.5 Å². The van der Waals surface area contributed by atoms with Crippen molar-refractivity contribution in [2.75, 3.05) is 0 Å². The molecule has 0 radical (unpaired) electrons.